The summed E-state index contributed by atoms with van der Waals surface area (Å²) in [5.74, 6) is -0.698. The van der Waals surface area contributed by atoms with Gasteiger partial charge in [-0.25, -0.2) is 4.39 Å². The summed E-state index contributed by atoms with van der Waals surface area (Å²) in [6.45, 7) is 1.19. The lowest BCUT2D eigenvalue weighted by Crippen LogP contribution is -2.25. The standard InChI is InChI=1S/C19H23FN2O2/c1-22(2)13-16-7-4-3-6-15(16)12-21-19(24)11-18(23)14-8-5-9-17(20)10-14/h3-10,18,23H,11-13H2,1-2H3,(H,21,24). The van der Waals surface area contributed by atoms with Crippen LogP contribution >= 0.6 is 0 Å². The quantitative estimate of drug-likeness (QED) is 0.820. The largest absolute Gasteiger partial charge is 0.388 e. The van der Waals surface area contributed by atoms with Gasteiger partial charge in [0.2, 0.25) is 5.91 Å². The van der Waals surface area contributed by atoms with Crippen LogP contribution in [0.15, 0.2) is 48.5 Å². The van der Waals surface area contributed by atoms with E-state index in [1.807, 2.05) is 38.4 Å². The number of aliphatic hydroxyl groups excluding tert-OH is 1. The van der Waals surface area contributed by atoms with E-state index in [9.17, 15) is 14.3 Å². The van der Waals surface area contributed by atoms with Gasteiger partial charge in [-0.3, -0.25) is 4.79 Å². The summed E-state index contributed by atoms with van der Waals surface area (Å²) < 4.78 is 13.2. The molecule has 2 rings (SSSR count). The molecule has 128 valence electrons. The molecule has 24 heavy (non-hydrogen) atoms. The molecule has 1 unspecified atom stereocenters. The van der Waals surface area contributed by atoms with Crippen molar-refractivity contribution in [2.75, 3.05) is 14.1 Å². The Morgan fingerprint density at radius 2 is 1.88 bits per heavy atom. The van der Waals surface area contributed by atoms with Gasteiger partial charge in [-0.05, 0) is 42.9 Å². The number of aliphatic hydroxyl groups is 1. The Labute approximate surface area is 141 Å². The number of hydrogen-bond acceptors (Lipinski definition) is 3. The number of halogens is 1. The molecular formula is C19H23FN2O2. The van der Waals surface area contributed by atoms with E-state index in [0.29, 0.717) is 12.1 Å². The maximum absolute atomic E-state index is 13.2. The highest BCUT2D eigenvalue weighted by Crippen LogP contribution is 2.17. The Balaban J connectivity index is 1.92. The second kappa shape index (κ2) is 8.57. The van der Waals surface area contributed by atoms with Crippen LogP contribution in [0.2, 0.25) is 0 Å². The van der Waals surface area contributed by atoms with Gasteiger partial charge in [-0.15, -0.1) is 0 Å². The molecule has 0 aliphatic heterocycles. The van der Waals surface area contributed by atoms with E-state index in [-0.39, 0.29) is 12.3 Å². The molecule has 2 aromatic carbocycles. The Morgan fingerprint density at radius 1 is 1.17 bits per heavy atom. The Morgan fingerprint density at radius 3 is 2.54 bits per heavy atom. The lowest BCUT2D eigenvalue weighted by Gasteiger charge is -2.15. The SMILES string of the molecule is CN(C)Cc1ccccc1CNC(=O)CC(O)c1cccc(F)c1. The summed E-state index contributed by atoms with van der Waals surface area (Å²) in [5.41, 5.74) is 2.59. The van der Waals surface area contributed by atoms with Gasteiger partial charge >= 0.3 is 0 Å². The minimum atomic E-state index is -1.02. The van der Waals surface area contributed by atoms with Gasteiger partial charge in [0.1, 0.15) is 5.82 Å². The minimum Gasteiger partial charge on any atom is -0.388 e. The average molecular weight is 330 g/mol. The zero-order valence-electron chi connectivity index (χ0n) is 14.0. The lowest BCUT2D eigenvalue weighted by molar-refractivity contribution is -0.123. The molecule has 1 amide bonds. The molecular weight excluding hydrogens is 307 g/mol. The van der Waals surface area contributed by atoms with Gasteiger partial charge in [0.05, 0.1) is 12.5 Å². The smallest absolute Gasteiger partial charge is 0.223 e. The van der Waals surface area contributed by atoms with E-state index in [0.717, 1.165) is 17.7 Å². The average Bonchev–Trinajstić information content (AvgIpc) is 2.53. The molecule has 0 bridgehead atoms. The molecule has 2 aromatic rings. The molecule has 0 radical (unpaired) electrons. The third-order valence-corrected chi connectivity index (χ3v) is 3.69. The van der Waals surface area contributed by atoms with E-state index < -0.39 is 11.9 Å². The summed E-state index contributed by atoms with van der Waals surface area (Å²) in [6.07, 6.45) is -1.11. The highest BCUT2D eigenvalue weighted by molar-refractivity contribution is 5.76. The lowest BCUT2D eigenvalue weighted by atomic mass is 10.1. The summed E-state index contributed by atoms with van der Waals surface area (Å²) in [5, 5.41) is 12.9. The molecule has 0 saturated carbocycles. The van der Waals surface area contributed by atoms with Gasteiger partial charge < -0.3 is 15.3 Å². The van der Waals surface area contributed by atoms with Crippen molar-refractivity contribution >= 4 is 5.91 Å². The molecule has 2 N–H and O–H groups in total. The van der Waals surface area contributed by atoms with E-state index >= 15 is 0 Å². The summed E-state index contributed by atoms with van der Waals surface area (Å²) in [4.78, 5) is 14.1. The molecule has 0 aliphatic rings. The van der Waals surface area contributed by atoms with Crippen LogP contribution in [0.25, 0.3) is 0 Å². The van der Waals surface area contributed by atoms with E-state index in [1.165, 1.54) is 18.2 Å². The fraction of sp³-hybridized carbons (Fsp3) is 0.316. The van der Waals surface area contributed by atoms with E-state index in [2.05, 4.69) is 10.2 Å². The number of amides is 1. The van der Waals surface area contributed by atoms with Crippen LogP contribution in [0.3, 0.4) is 0 Å². The zero-order chi connectivity index (χ0) is 17.5. The summed E-state index contributed by atoms with van der Waals surface area (Å²) in [7, 11) is 3.98. The van der Waals surface area contributed by atoms with E-state index in [4.69, 9.17) is 0 Å². The number of nitrogens with zero attached hydrogens (tertiary/aromatic N) is 1. The van der Waals surface area contributed by atoms with Gasteiger partial charge in [0.25, 0.3) is 0 Å². The van der Waals surface area contributed by atoms with Crippen LogP contribution < -0.4 is 5.32 Å². The van der Waals surface area contributed by atoms with Gasteiger partial charge in [0.15, 0.2) is 0 Å². The number of benzene rings is 2. The number of carbonyl (C=O) groups excluding carboxylic acids is 1. The van der Waals surface area contributed by atoms with Crippen LogP contribution in [0.1, 0.15) is 29.2 Å². The van der Waals surface area contributed by atoms with E-state index in [1.54, 1.807) is 6.07 Å². The maximum atomic E-state index is 13.2. The van der Waals surface area contributed by atoms with Crippen molar-refractivity contribution in [2.45, 2.75) is 25.6 Å². The van der Waals surface area contributed by atoms with Crippen molar-refractivity contribution in [3.05, 3.63) is 71.0 Å². The molecule has 1 atom stereocenters. The third-order valence-electron chi connectivity index (χ3n) is 3.69. The highest BCUT2D eigenvalue weighted by Gasteiger charge is 2.14. The van der Waals surface area contributed by atoms with Crippen molar-refractivity contribution in [1.29, 1.82) is 0 Å². The summed E-state index contributed by atoms with van der Waals surface area (Å²) >= 11 is 0. The Bertz CT molecular complexity index is 689. The maximum Gasteiger partial charge on any atom is 0.223 e. The van der Waals surface area contributed by atoms with Gasteiger partial charge in [0, 0.05) is 13.1 Å². The van der Waals surface area contributed by atoms with Crippen LogP contribution in [-0.2, 0) is 17.9 Å². The van der Waals surface area contributed by atoms with Gasteiger partial charge in [-0.2, -0.15) is 0 Å². The molecule has 0 fully saturated rings. The zero-order valence-corrected chi connectivity index (χ0v) is 14.0. The van der Waals surface area contributed by atoms with Gasteiger partial charge in [-0.1, -0.05) is 36.4 Å². The number of carbonyl (C=O) groups is 1. The predicted octanol–water partition coefficient (Wildman–Crippen LogP) is 2.63. The van der Waals surface area contributed by atoms with Crippen LogP contribution in [0.5, 0.6) is 0 Å². The molecule has 0 saturated heterocycles. The molecule has 5 heteroatoms. The monoisotopic (exact) mass is 330 g/mol. The Kier molecular flexibility index (Phi) is 6.46. The minimum absolute atomic E-state index is 0.0979. The van der Waals surface area contributed by atoms with Crippen molar-refractivity contribution in [3.63, 3.8) is 0 Å². The fourth-order valence-corrected chi connectivity index (χ4v) is 2.50. The summed E-state index contributed by atoms with van der Waals surface area (Å²) in [6, 6.07) is 13.6. The second-order valence-electron chi connectivity index (χ2n) is 6.06. The third kappa shape index (κ3) is 5.44. The number of hydrogen-bond donors (Lipinski definition) is 2. The number of rotatable bonds is 7. The van der Waals surface area contributed by atoms with Crippen molar-refractivity contribution in [2.24, 2.45) is 0 Å². The highest BCUT2D eigenvalue weighted by atomic mass is 19.1. The first-order valence-corrected chi connectivity index (χ1v) is 7.87. The van der Waals surface area contributed by atoms with Crippen LogP contribution in [0.4, 0.5) is 4.39 Å². The first kappa shape index (κ1) is 18.1. The molecule has 0 heterocycles. The van der Waals surface area contributed by atoms with Crippen molar-refractivity contribution in [1.82, 2.24) is 10.2 Å². The Hall–Kier alpha value is -2.24. The first-order valence-electron chi connectivity index (χ1n) is 7.87. The fourth-order valence-electron chi connectivity index (χ4n) is 2.50. The van der Waals surface area contributed by atoms with Crippen molar-refractivity contribution < 1.29 is 14.3 Å². The van der Waals surface area contributed by atoms with Crippen LogP contribution in [0, 0.1) is 5.82 Å². The predicted molar refractivity (Wildman–Crippen MR) is 91.7 cm³/mol. The molecule has 0 aliphatic carbocycles. The topological polar surface area (TPSA) is 52.6 Å². The molecule has 0 spiro atoms. The molecule has 4 nitrogen and oxygen atoms in total. The normalized spacial score (nSPS) is 12.2. The second-order valence-corrected chi connectivity index (χ2v) is 6.06. The first-order chi connectivity index (χ1) is 11.5. The van der Waals surface area contributed by atoms with Crippen LogP contribution in [-0.4, -0.2) is 30.0 Å². The number of nitrogens with one attached hydrogen (secondary N) is 1. The molecule has 0 aromatic heterocycles. The van der Waals surface area contributed by atoms with Crippen molar-refractivity contribution in [3.8, 4) is 0 Å².